The van der Waals surface area contributed by atoms with Crippen LogP contribution in [0.25, 0.3) is 22.6 Å². The Labute approximate surface area is 117 Å². The number of benzene rings is 2. The van der Waals surface area contributed by atoms with Crippen molar-refractivity contribution in [3.05, 3.63) is 42.0 Å². The summed E-state index contributed by atoms with van der Waals surface area (Å²) in [5, 5.41) is 0. The molecule has 1 heterocycles. The maximum absolute atomic E-state index is 12.7. The first-order chi connectivity index (χ1) is 9.83. The van der Waals surface area contributed by atoms with Crippen molar-refractivity contribution >= 4 is 22.5 Å². The summed E-state index contributed by atoms with van der Waals surface area (Å²) in [7, 11) is 0. The molecule has 0 atom stereocenters. The lowest BCUT2D eigenvalue weighted by Gasteiger charge is -2.04. The minimum atomic E-state index is -4.42. The van der Waals surface area contributed by atoms with E-state index in [0.29, 0.717) is 16.9 Å². The summed E-state index contributed by atoms with van der Waals surface area (Å²) >= 11 is 0. The molecule has 0 fully saturated rings. The highest BCUT2D eigenvalue weighted by atomic mass is 19.4. The number of nitrogens with zero attached hydrogens (tertiary/aromatic N) is 1. The largest absolute Gasteiger partial charge is 0.436 e. The first-order valence-electron chi connectivity index (χ1n) is 5.97. The number of rotatable bonds is 1. The van der Waals surface area contributed by atoms with Crippen molar-refractivity contribution in [2.45, 2.75) is 6.18 Å². The second-order valence-electron chi connectivity index (χ2n) is 4.59. The molecule has 0 saturated carbocycles. The van der Waals surface area contributed by atoms with E-state index in [0.717, 1.165) is 12.1 Å². The van der Waals surface area contributed by atoms with Crippen LogP contribution in [0.5, 0.6) is 0 Å². The van der Waals surface area contributed by atoms with Gasteiger partial charge in [-0.05, 0) is 36.4 Å². The summed E-state index contributed by atoms with van der Waals surface area (Å²) in [4.78, 5) is 4.06. The SMILES string of the molecule is Nc1cc(N)cc(-c2nc3cc(C(F)(F)F)ccc3o2)c1. The molecule has 0 aliphatic heterocycles. The number of aromatic nitrogens is 1. The Kier molecular flexibility index (Phi) is 2.79. The van der Waals surface area contributed by atoms with E-state index in [4.69, 9.17) is 15.9 Å². The van der Waals surface area contributed by atoms with Crippen LogP contribution in [0.3, 0.4) is 0 Å². The predicted octanol–water partition coefficient (Wildman–Crippen LogP) is 3.68. The molecule has 1 aromatic heterocycles. The normalized spacial score (nSPS) is 12.0. The molecule has 2 aromatic carbocycles. The molecular weight excluding hydrogens is 283 g/mol. The molecule has 108 valence electrons. The number of fused-ring (bicyclic) bond motifs is 1. The third-order valence-electron chi connectivity index (χ3n) is 2.94. The average Bonchev–Trinajstić information content (AvgIpc) is 2.79. The van der Waals surface area contributed by atoms with Crippen molar-refractivity contribution in [1.82, 2.24) is 4.98 Å². The van der Waals surface area contributed by atoms with Crippen LogP contribution in [-0.2, 0) is 6.18 Å². The van der Waals surface area contributed by atoms with Gasteiger partial charge < -0.3 is 15.9 Å². The zero-order chi connectivity index (χ0) is 15.2. The Balaban J connectivity index is 2.13. The minimum absolute atomic E-state index is 0.126. The van der Waals surface area contributed by atoms with Crippen LogP contribution < -0.4 is 11.5 Å². The van der Waals surface area contributed by atoms with Gasteiger partial charge in [0.05, 0.1) is 5.56 Å². The minimum Gasteiger partial charge on any atom is -0.436 e. The van der Waals surface area contributed by atoms with Crippen LogP contribution in [0, 0.1) is 0 Å². The molecule has 4 nitrogen and oxygen atoms in total. The van der Waals surface area contributed by atoms with E-state index in [2.05, 4.69) is 4.98 Å². The van der Waals surface area contributed by atoms with Crippen molar-refractivity contribution < 1.29 is 17.6 Å². The van der Waals surface area contributed by atoms with Gasteiger partial charge in [-0.3, -0.25) is 0 Å². The predicted molar refractivity (Wildman–Crippen MR) is 73.3 cm³/mol. The number of anilines is 2. The maximum Gasteiger partial charge on any atom is 0.416 e. The van der Waals surface area contributed by atoms with E-state index < -0.39 is 11.7 Å². The smallest absolute Gasteiger partial charge is 0.416 e. The van der Waals surface area contributed by atoms with E-state index in [-0.39, 0.29) is 17.0 Å². The van der Waals surface area contributed by atoms with Crippen LogP contribution in [-0.4, -0.2) is 4.98 Å². The Hall–Kier alpha value is -2.70. The Bertz CT molecular complexity index is 804. The van der Waals surface area contributed by atoms with Gasteiger partial charge in [0, 0.05) is 16.9 Å². The van der Waals surface area contributed by atoms with Crippen LogP contribution >= 0.6 is 0 Å². The first-order valence-corrected chi connectivity index (χ1v) is 5.97. The molecule has 4 N–H and O–H groups in total. The van der Waals surface area contributed by atoms with E-state index >= 15 is 0 Å². The molecule has 3 rings (SSSR count). The molecule has 0 aliphatic carbocycles. The van der Waals surface area contributed by atoms with E-state index in [1.807, 2.05) is 0 Å². The van der Waals surface area contributed by atoms with E-state index in [1.54, 1.807) is 18.2 Å². The van der Waals surface area contributed by atoms with E-state index in [1.165, 1.54) is 6.07 Å². The lowest BCUT2D eigenvalue weighted by atomic mass is 10.2. The second-order valence-corrected chi connectivity index (χ2v) is 4.59. The Morgan fingerprint density at radius 2 is 1.62 bits per heavy atom. The van der Waals surface area contributed by atoms with Gasteiger partial charge in [0.15, 0.2) is 5.58 Å². The fraction of sp³-hybridized carbons (Fsp3) is 0.0714. The zero-order valence-corrected chi connectivity index (χ0v) is 10.6. The van der Waals surface area contributed by atoms with Gasteiger partial charge in [-0.25, -0.2) is 4.98 Å². The Morgan fingerprint density at radius 1 is 0.952 bits per heavy atom. The van der Waals surface area contributed by atoms with Gasteiger partial charge in [-0.2, -0.15) is 13.2 Å². The highest BCUT2D eigenvalue weighted by Crippen LogP contribution is 2.33. The molecule has 0 spiro atoms. The zero-order valence-electron chi connectivity index (χ0n) is 10.6. The number of hydrogen-bond acceptors (Lipinski definition) is 4. The number of hydrogen-bond donors (Lipinski definition) is 2. The number of alkyl halides is 3. The third kappa shape index (κ3) is 2.49. The van der Waals surface area contributed by atoms with Gasteiger partial charge in [0.1, 0.15) is 5.52 Å². The van der Waals surface area contributed by atoms with Crippen molar-refractivity contribution in [1.29, 1.82) is 0 Å². The lowest BCUT2D eigenvalue weighted by molar-refractivity contribution is -0.137. The monoisotopic (exact) mass is 293 g/mol. The van der Waals surface area contributed by atoms with Gasteiger partial charge in [0.25, 0.3) is 0 Å². The molecule has 7 heteroatoms. The van der Waals surface area contributed by atoms with E-state index in [9.17, 15) is 13.2 Å². The average molecular weight is 293 g/mol. The van der Waals surface area contributed by atoms with Crippen LogP contribution in [0.4, 0.5) is 24.5 Å². The van der Waals surface area contributed by atoms with Gasteiger partial charge in [0.2, 0.25) is 5.89 Å². The molecule has 0 bridgehead atoms. The van der Waals surface area contributed by atoms with Crippen LogP contribution in [0.15, 0.2) is 40.8 Å². The Morgan fingerprint density at radius 3 is 2.24 bits per heavy atom. The van der Waals surface area contributed by atoms with Crippen molar-refractivity contribution in [2.75, 3.05) is 11.5 Å². The third-order valence-corrected chi connectivity index (χ3v) is 2.94. The molecule has 0 unspecified atom stereocenters. The number of oxazole rings is 1. The van der Waals surface area contributed by atoms with Gasteiger partial charge in [-0.1, -0.05) is 0 Å². The maximum atomic E-state index is 12.7. The van der Waals surface area contributed by atoms with Gasteiger partial charge in [-0.15, -0.1) is 0 Å². The summed E-state index contributed by atoms with van der Waals surface area (Å²) in [5.74, 6) is 0.170. The number of nitrogens with two attached hydrogens (primary N) is 2. The fourth-order valence-corrected chi connectivity index (χ4v) is 2.03. The number of nitrogen functional groups attached to an aromatic ring is 2. The number of halogens is 3. The first kappa shape index (κ1) is 13.3. The second kappa shape index (κ2) is 4.41. The van der Waals surface area contributed by atoms with Crippen molar-refractivity contribution in [3.63, 3.8) is 0 Å². The molecular formula is C14H10F3N3O. The molecule has 3 aromatic rings. The fourth-order valence-electron chi connectivity index (χ4n) is 2.03. The van der Waals surface area contributed by atoms with Crippen molar-refractivity contribution in [3.8, 4) is 11.5 Å². The van der Waals surface area contributed by atoms with Crippen molar-refractivity contribution in [2.24, 2.45) is 0 Å². The summed E-state index contributed by atoms with van der Waals surface area (Å²) < 4.78 is 43.4. The quantitative estimate of drug-likeness (QED) is 0.671. The standard InChI is InChI=1S/C14H10F3N3O/c15-14(16,17)8-1-2-12-11(5-8)20-13(21-12)7-3-9(18)6-10(19)4-7/h1-6H,18-19H2. The summed E-state index contributed by atoms with van der Waals surface area (Å²) in [6.07, 6.45) is -4.42. The molecule has 0 radical (unpaired) electrons. The summed E-state index contributed by atoms with van der Waals surface area (Å²) in [6.45, 7) is 0. The summed E-state index contributed by atoms with van der Waals surface area (Å²) in [5.41, 5.74) is 12.3. The van der Waals surface area contributed by atoms with Crippen LogP contribution in [0.1, 0.15) is 5.56 Å². The molecule has 0 saturated heterocycles. The highest BCUT2D eigenvalue weighted by Gasteiger charge is 2.31. The molecule has 0 amide bonds. The summed E-state index contributed by atoms with van der Waals surface area (Å²) in [6, 6.07) is 7.87. The van der Waals surface area contributed by atoms with Crippen LogP contribution in [0.2, 0.25) is 0 Å². The highest BCUT2D eigenvalue weighted by molar-refractivity contribution is 5.78. The topological polar surface area (TPSA) is 78.1 Å². The molecule has 0 aliphatic rings. The van der Waals surface area contributed by atoms with Gasteiger partial charge >= 0.3 is 6.18 Å². The lowest BCUT2D eigenvalue weighted by Crippen LogP contribution is -2.03. The molecule has 21 heavy (non-hydrogen) atoms.